The number of benzene rings is 1. The Balaban J connectivity index is 1.47. The van der Waals surface area contributed by atoms with E-state index < -0.39 is 6.10 Å². The fraction of sp³-hybridized carbons (Fsp3) is 0.625. The number of hydrogen-bond acceptors (Lipinski definition) is 4. The number of nitrogens with one attached hydrogen (secondary N) is 1. The molecule has 0 saturated heterocycles. The highest BCUT2D eigenvalue weighted by atomic mass is 35.5. The van der Waals surface area contributed by atoms with Crippen LogP contribution < -0.4 is 10.1 Å². The monoisotopic (exact) mass is 313 g/mol. The largest absolute Gasteiger partial charge is 0.491 e. The highest BCUT2D eigenvalue weighted by Crippen LogP contribution is 2.17. The Bertz CT molecular complexity index is 393. The van der Waals surface area contributed by atoms with Gasteiger partial charge in [-0.05, 0) is 37.1 Å². The molecule has 1 aliphatic rings. The first-order valence-electron chi connectivity index (χ1n) is 7.61. The fourth-order valence-electron chi connectivity index (χ4n) is 2.46. The van der Waals surface area contributed by atoms with Gasteiger partial charge in [-0.25, -0.2) is 0 Å². The lowest BCUT2D eigenvalue weighted by atomic mass is 10.2. The molecule has 4 nitrogen and oxygen atoms in total. The van der Waals surface area contributed by atoms with Crippen molar-refractivity contribution < 1.29 is 14.6 Å². The van der Waals surface area contributed by atoms with E-state index in [1.807, 2.05) is 12.1 Å². The molecule has 0 radical (unpaired) electrons. The molecule has 2 N–H and O–H groups in total. The van der Waals surface area contributed by atoms with E-state index >= 15 is 0 Å². The molecule has 0 unspecified atom stereocenters. The van der Waals surface area contributed by atoms with Crippen molar-refractivity contribution in [3.63, 3.8) is 0 Å². The third-order valence-corrected chi connectivity index (χ3v) is 3.87. The van der Waals surface area contributed by atoms with E-state index in [-0.39, 0.29) is 0 Å². The van der Waals surface area contributed by atoms with Gasteiger partial charge in [-0.2, -0.15) is 0 Å². The SMILES string of the molecule is O[C@@H](CNC1CCCC1)COCCOc1ccc(Cl)cc1. The standard InChI is InChI=1S/C16H24ClNO3/c17-13-5-7-16(8-6-13)21-10-9-20-12-15(19)11-18-14-3-1-2-4-14/h5-8,14-15,18-19H,1-4,9-12H2/t15-/m0/s1. The molecule has 0 aromatic heterocycles. The lowest BCUT2D eigenvalue weighted by molar-refractivity contribution is 0.0241. The highest BCUT2D eigenvalue weighted by molar-refractivity contribution is 6.30. The summed E-state index contributed by atoms with van der Waals surface area (Å²) in [5.74, 6) is 0.770. The van der Waals surface area contributed by atoms with E-state index in [9.17, 15) is 5.11 Å². The minimum absolute atomic E-state index is 0.337. The number of rotatable bonds is 9. The van der Waals surface area contributed by atoms with Gasteiger partial charge in [-0.15, -0.1) is 0 Å². The van der Waals surface area contributed by atoms with Gasteiger partial charge < -0.3 is 19.9 Å². The Morgan fingerprint density at radius 1 is 1.19 bits per heavy atom. The van der Waals surface area contributed by atoms with E-state index in [2.05, 4.69) is 5.32 Å². The second kappa shape index (κ2) is 9.26. The number of ether oxygens (including phenoxy) is 2. The lowest BCUT2D eigenvalue weighted by Crippen LogP contribution is -2.36. The van der Waals surface area contributed by atoms with E-state index in [0.29, 0.717) is 37.4 Å². The van der Waals surface area contributed by atoms with Gasteiger partial charge in [0, 0.05) is 17.6 Å². The molecule has 1 atom stereocenters. The molecule has 0 amide bonds. The molecule has 0 aliphatic heterocycles. The first-order chi connectivity index (χ1) is 10.2. The number of halogens is 1. The van der Waals surface area contributed by atoms with Crippen LogP contribution in [0.5, 0.6) is 5.75 Å². The molecule has 1 aliphatic carbocycles. The maximum absolute atomic E-state index is 9.81. The van der Waals surface area contributed by atoms with E-state index in [1.54, 1.807) is 12.1 Å². The second-order valence-corrected chi connectivity index (χ2v) is 5.86. The minimum atomic E-state index is -0.457. The Hall–Kier alpha value is -0.810. The van der Waals surface area contributed by atoms with Crippen molar-refractivity contribution in [1.29, 1.82) is 0 Å². The maximum Gasteiger partial charge on any atom is 0.119 e. The summed E-state index contributed by atoms with van der Waals surface area (Å²) in [6.45, 7) is 1.86. The van der Waals surface area contributed by atoms with Crippen molar-refractivity contribution in [1.82, 2.24) is 5.32 Å². The summed E-state index contributed by atoms with van der Waals surface area (Å²) in [5, 5.41) is 13.9. The van der Waals surface area contributed by atoms with Crippen LogP contribution in [0, 0.1) is 0 Å². The topological polar surface area (TPSA) is 50.7 Å². The quantitative estimate of drug-likeness (QED) is 0.688. The smallest absolute Gasteiger partial charge is 0.119 e. The molecule has 1 aromatic rings. The zero-order valence-electron chi connectivity index (χ0n) is 12.3. The van der Waals surface area contributed by atoms with Crippen LogP contribution in [-0.4, -0.2) is 43.6 Å². The van der Waals surface area contributed by atoms with Crippen LogP contribution in [0.4, 0.5) is 0 Å². The van der Waals surface area contributed by atoms with Crippen LogP contribution >= 0.6 is 11.6 Å². The van der Waals surface area contributed by atoms with Crippen molar-refractivity contribution in [3.05, 3.63) is 29.3 Å². The van der Waals surface area contributed by atoms with Crippen molar-refractivity contribution >= 4 is 11.6 Å². The van der Waals surface area contributed by atoms with Gasteiger partial charge in [0.1, 0.15) is 12.4 Å². The zero-order valence-corrected chi connectivity index (χ0v) is 13.0. The second-order valence-electron chi connectivity index (χ2n) is 5.42. The van der Waals surface area contributed by atoms with E-state index in [0.717, 1.165) is 5.75 Å². The third kappa shape index (κ3) is 6.66. The molecule has 0 heterocycles. The maximum atomic E-state index is 9.81. The summed E-state index contributed by atoms with van der Waals surface area (Å²) in [6, 6.07) is 7.80. The Labute approximate surface area is 131 Å². The fourth-order valence-corrected chi connectivity index (χ4v) is 2.59. The van der Waals surface area contributed by atoms with Crippen LogP contribution in [0.25, 0.3) is 0 Å². The van der Waals surface area contributed by atoms with E-state index in [4.69, 9.17) is 21.1 Å². The summed E-state index contributed by atoms with van der Waals surface area (Å²) in [7, 11) is 0. The van der Waals surface area contributed by atoms with Gasteiger partial charge in [-0.1, -0.05) is 24.4 Å². The lowest BCUT2D eigenvalue weighted by Gasteiger charge is -2.16. The molecule has 0 bridgehead atoms. The van der Waals surface area contributed by atoms with Gasteiger partial charge in [0.15, 0.2) is 0 Å². The number of aliphatic hydroxyl groups is 1. The van der Waals surface area contributed by atoms with Gasteiger partial charge in [0.2, 0.25) is 0 Å². The summed E-state index contributed by atoms with van der Waals surface area (Å²) < 4.78 is 10.9. The predicted octanol–water partition coefficient (Wildman–Crippen LogP) is 2.63. The average molecular weight is 314 g/mol. The van der Waals surface area contributed by atoms with Crippen molar-refractivity contribution in [2.45, 2.75) is 37.8 Å². The van der Waals surface area contributed by atoms with Gasteiger partial charge in [0.05, 0.1) is 19.3 Å². The number of hydrogen-bond donors (Lipinski definition) is 2. The Morgan fingerprint density at radius 3 is 2.62 bits per heavy atom. The van der Waals surface area contributed by atoms with Crippen LogP contribution in [-0.2, 0) is 4.74 Å². The van der Waals surface area contributed by atoms with Gasteiger partial charge in [0.25, 0.3) is 0 Å². The van der Waals surface area contributed by atoms with Crippen molar-refractivity contribution in [2.75, 3.05) is 26.4 Å². The molecule has 1 saturated carbocycles. The Morgan fingerprint density at radius 2 is 1.90 bits per heavy atom. The molecule has 1 fully saturated rings. The summed E-state index contributed by atoms with van der Waals surface area (Å²) in [6.07, 6.45) is 4.59. The predicted molar refractivity (Wildman–Crippen MR) is 84.0 cm³/mol. The highest BCUT2D eigenvalue weighted by Gasteiger charge is 2.15. The minimum Gasteiger partial charge on any atom is -0.491 e. The van der Waals surface area contributed by atoms with Crippen LogP contribution in [0.15, 0.2) is 24.3 Å². The number of aliphatic hydroxyl groups excluding tert-OH is 1. The van der Waals surface area contributed by atoms with E-state index in [1.165, 1.54) is 25.7 Å². The molecular weight excluding hydrogens is 290 g/mol. The van der Waals surface area contributed by atoms with Crippen LogP contribution in [0.2, 0.25) is 5.02 Å². The summed E-state index contributed by atoms with van der Waals surface area (Å²) in [4.78, 5) is 0. The van der Waals surface area contributed by atoms with Crippen LogP contribution in [0.3, 0.4) is 0 Å². The summed E-state index contributed by atoms with van der Waals surface area (Å²) >= 11 is 5.79. The molecule has 118 valence electrons. The Kier molecular flexibility index (Phi) is 7.30. The van der Waals surface area contributed by atoms with Crippen molar-refractivity contribution in [2.24, 2.45) is 0 Å². The molecule has 5 heteroatoms. The zero-order chi connectivity index (χ0) is 14.9. The first kappa shape index (κ1) is 16.6. The third-order valence-electron chi connectivity index (χ3n) is 3.62. The average Bonchev–Trinajstić information content (AvgIpc) is 3.00. The molecule has 2 rings (SSSR count). The van der Waals surface area contributed by atoms with Gasteiger partial charge in [-0.3, -0.25) is 0 Å². The molecular formula is C16H24ClNO3. The normalized spacial score (nSPS) is 17.0. The van der Waals surface area contributed by atoms with Crippen LogP contribution in [0.1, 0.15) is 25.7 Å². The molecule has 0 spiro atoms. The first-order valence-corrected chi connectivity index (χ1v) is 7.99. The van der Waals surface area contributed by atoms with Gasteiger partial charge >= 0.3 is 0 Å². The van der Waals surface area contributed by atoms with Crippen molar-refractivity contribution in [3.8, 4) is 5.75 Å². The molecule has 1 aromatic carbocycles. The molecule has 21 heavy (non-hydrogen) atoms. The summed E-state index contributed by atoms with van der Waals surface area (Å²) in [5.41, 5.74) is 0.